The number of hydrogen-bond donors (Lipinski definition) is 2. The Labute approximate surface area is 139 Å². The maximum Gasteiger partial charge on any atom is 0.263 e. The molecule has 0 aliphatic rings. The molecule has 2 aromatic carbocycles. The van der Waals surface area contributed by atoms with Crippen LogP contribution >= 0.6 is 31.9 Å². The molecule has 0 fully saturated rings. The van der Waals surface area contributed by atoms with E-state index in [-0.39, 0.29) is 10.6 Å². The van der Waals surface area contributed by atoms with Gasteiger partial charge in [-0.15, -0.1) is 0 Å². The molecule has 0 radical (unpaired) electrons. The van der Waals surface area contributed by atoms with Crippen molar-refractivity contribution in [1.29, 1.82) is 0 Å². The molecule has 0 bridgehead atoms. The van der Waals surface area contributed by atoms with Gasteiger partial charge in [0.1, 0.15) is 10.6 Å². The molecule has 0 atom stereocenters. The van der Waals surface area contributed by atoms with Crippen molar-refractivity contribution in [3.8, 4) is 5.75 Å². The van der Waals surface area contributed by atoms with E-state index >= 15 is 0 Å². The molecular formula is C13H12Br2N2O3S. The quantitative estimate of drug-likeness (QED) is 0.718. The summed E-state index contributed by atoms with van der Waals surface area (Å²) in [7, 11) is -2.32. The molecular weight excluding hydrogens is 424 g/mol. The van der Waals surface area contributed by atoms with Crippen LogP contribution < -0.4 is 15.2 Å². The fourth-order valence-corrected chi connectivity index (χ4v) is 4.25. The molecule has 0 aliphatic carbocycles. The SMILES string of the molecule is COc1ccc(N)cc1NS(=O)(=O)c1cc(Br)ccc1Br. The highest BCUT2D eigenvalue weighted by Crippen LogP contribution is 2.31. The zero-order valence-corrected chi connectivity index (χ0v) is 14.9. The number of benzene rings is 2. The molecule has 2 aromatic rings. The highest BCUT2D eigenvalue weighted by molar-refractivity contribution is 9.11. The Morgan fingerprint density at radius 2 is 1.86 bits per heavy atom. The number of nitrogen functional groups attached to an aromatic ring is 1. The average molecular weight is 436 g/mol. The van der Waals surface area contributed by atoms with Gasteiger partial charge in [0.25, 0.3) is 10.0 Å². The first-order valence-corrected chi connectivity index (χ1v) is 8.82. The van der Waals surface area contributed by atoms with Gasteiger partial charge in [0, 0.05) is 14.6 Å². The molecule has 2 rings (SSSR count). The maximum atomic E-state index is 12.5. The Kier molecular flexibility index (Phi) is 4.80. The van der Waals surface area contributed by atoms with Crippen molar-refractivity contribution >= 4 is 53.3 Å². The molecule has 3 N–H and O–H groups in total. The number of halogens is 2. The number of anilines is 2. The van der Waals surface area contributed by atoms with Gasteiger partial charge in [0.05, 0.1) is 12.8 Å². The minimum atomic E-state index is -3.78. The van der Waals surface area contributed by atoms with Gasteiger partial charge in [-0.3, -0.25) is 4.72 Å². The van der Waals surface area contributed by atoms with E-state index in [0.29, 0.717) is 20.4 Å². The predicted molar refractivity (Wildman–Crippen MR) is 90.1 cm³/mol. The van der Waals surface area contributed by atoms with Crippen LogP contribution in [0.2, 0.25) is 0 Å². The maximum absolute atomic E-state index is 12.5. The monoisotopic (exact) mass is 434 g/mol. The summed E-state index contributed by atoms with van der Waals surface area (Å²) in [6.07, 6.45) is 0. The second-order valence-corrected chi connectivity index (χ2v) is 7.56. The van der Waals surface area contributed by atoms with E-state index < -0.39 is 10.0 Å². The first-order chi connectivity index (χ1) is 9.83. The lowest BCUT2D eigenvalue weighted by molar-refractivity contribution is 0.417. The van der Waals surface area contributed by atoms with Crippen LogP contribution in [0.5, 0.6) is 5.75 Å². The van der Waals surface area contributed by atoms with Crippen LogP contribution in [0.25, 0.3) is 0 Å². The lowest BCUT2D eigenvalue weighted by Crippen LogP contribution is -2.14. The first-order valence-electron chi connectivity index (χ1n) is 5.75. The van der Waals surface area contributed by atoms with Crippen molar-refractivity contribution in [3.05, 3.63) is 45.3 Å². The zero-order chi connectivity index (χ0) is 15.6. The van der Waals surface area contributed by atoms with E-state index in [1.807, 2.05) is 0 Å². The van der Waals surface area contributed by atoms with Gasteiger partial charge in [0.15, 0.2) is 0 Å². The molecule has 112 valence electrons. The number of sulfonamides is 1. The second-order valence-electron chi connectivity index (χ2n) is 4.14. The Hall–Kier alpha value is -1.25. The van der Waals surface area contributed by atoms with Crippen LogP contribution in [0.15, 0.2) is 50.2 Å². The fourth-order valence-electron chi connectivity index (χ4n) is 1.69. The molecule has 5 nitrogen and oxygen atoms in total. The molecule has 0 saturated carbocycles. The Morgan fingerprint density at radius 3 is 2.52 bits per heavy atom. The van der Waals surface area contributed by atoms with Crippen LogP contribution in [0.3, 0.4) is 0 Å². The van der Waals surface area contributed by atoms with Gasteiger partial charge in [0.2, 0.25) is 0 Å². The summed E-state index contributed by atoms with van der Waals surface area (Å²) in [5.41, 5.74) is 6.40. The number of nitrogens with two attached hydrogens (primary N) is 1. The van der Waals surface area contributed by atoms with Crippen LogP contribution in [0, 0.1) is 0 Å². The summed E-state index contributed by atoms with van der Waals surface area (Å²) in [5.74, 6) is 0.388. The summed E-state index contributed by atoms with van der Waals surface area (Å²) in [4.78, 5) is 0.112. The van der Waals surface area contributed by atoms with Crippen molar-refractivity contribution in [3.63, 3.8) is 0 Å². The molecule has 0 amide bonds. The van der Waals surface area contributed by atoms with E-state index in [0.717, 1.165) is 0 Å². The summed E-state index contributed by atoms with van der Waals surface area (Å²) in [5, 5.41) is 0. The van der Waals surface area contributed by atoms with Crippen LogP contribution in [-0.4, -0.2) is 15.5 Å². The molecule has 0 unspecified atom stereocenters. The number of methoxy groups -OCH3 is 1. The molecule has 0 heterocycles. The Morgan fingerprint density at radius 1 is 1.14 bits per heavy atom. The van der Waals surface area contributed by atoms with Gasteiger partial charge in [-0.2, -0.15) is 0 Å². The van der Waals surface area contributed by atoms with Crippen molar-refractivity contribution in [2.75, 3.05) is 17.6 Å². The molecule has 21 heavy (non-hydrogen) atoms. The normalized spacial score (nSPS) is 11.2. The van der Waals surface area contributed by atoms with Crippen molar-refractivity contribution in [1.82, 2.24) is 0 Å². The predicted octanol–water partition coefficient (Wildman–Crippen LogP) is 3.60. The second kappa shape index (κ2) is 6.25. The number of hydrogen-bond acceptors (Lipinski definition) is 4. The summed E-state index contributed by atoms with van der Waals surface area (Å²) < 4.78 is 33.7. The standard InChI is InChI=1S/C13H12Br2N2O3S/c1-20-12-5-3-9(16)7-11(12)17-21(18,19)13-6-8(14)2-4-10(13)15/h2-7,17H,16H2,1H3. The topological polar surface area (TPSA) is 81.4 Å². The summed E-state index contributed by atoms with van der Waals surface area (Å²) in [6, 6.07) is 9.63. The molecule has 0 spiro atoms. The van der Waals surface area contributed by atoms with Gasteiger partial charge in [-0.05, 0) is 52.3 Å². The van der Waals surface area contributed by atoms with E-state index in [4.69, 9.17) is 10.5 Å². The third kappa shape index (κ3) is 3.69. The average Bonchev–Trinajstić information content (AvgIpc) is 2.41. The van der Waals surface area contributed by atoms with Crippen molar-refractivity contribution in [2.24, 2.45) is 0 Å². The third-order valence-corrected chi connectivity index (χ3v) is 5.50. The summed E-state index contributed by atoms with van der Waals surface area (Å²) in [6.45, 7) is 0. The largest absolute Gasteiger partial charge is 0.495 e. The minimum absolute atomic E-state index is 0.112. The van der Waals surface area contributed by atoms with Crippen LogP contribution in [0.4, 0.5) is 11.4 Å². The van der Waals surface area contributed by atoms with E-state index in [9.17, 15) is 8.42 Å². The van der Waals surface area contributed by atoms with E-state index in [1.54, 1.807) is 24.3 Å². The van der Waals surface area contributed by atoms with Gasteiger partial charge >= 0.3 is 0 Å². The Bertz CT molecular complexity index is 779. The smallest absolute Gasteiger partial charge is 0.263 e. The van der Waals surface area contributed by atoms with Gasteiger partial charge in [-0.25, -0.2) is 8.42 Å². The van der Waals surface area contributed by atoms with E-state index in [2.05, 4.69) is 36.6 Å². The van der Waals surface area contributed by atoms with Crippen molar-refractivity contribution in [2.45, 2.75) is 4.90 Å². The number of ether oxygens (including phenoxy) is 1. The molecule has 0 aromatic heterocycles. The van der Waals surface area contributed by atoms with Crippen LogP contribution in [0.1, 0.15) is 0 Å². The summed E-state index contributed by atoms with van der Waals surface area (Å²) >= 11 is 6.49. The fraction of sp³-hybridized carbons (Fsp3) is 0.0769. The van der Waals surface area contributed by atoms with E-state index in [1.165, 1.54) is 19.2 Å². The minimum Gasteiger partial charge on any atom is -0.495 e. The van der Waals surface area contributed by atoms with Gasteiger partial charge in [-0.1, -0.05) is 15.9 Å². The Balaban J connectivity index is 2.47. The number of rotatable bonds is 4. The molecule has 0 saturated heterocycles. The third-order valence-electron chi connectivity index (χ3n) is 2.65. The highest BCUT2D eigenvalue weighted by atomic mass is 79.9. The van der Waals surface area contributed by atoms with Gasteiger partial charge < -0.3 is 10.5 Å². The zero-order valence-electron chi connectivity index (χ0n) is 10.9. The first kappa shape index (κ1) is 16.1. The lowest BCUT2D eigenvalue weighted by Gasteiger charge is -2.13. The molecule has 8 heteroatoms. The lowest BCUT2D eigenvalue weighted by atomic mass is 10.2. The van der Waals surface area contributed by atoms with Crippen LogP contribution in [-0.2, 0) is 10.0 Å². The number of nitrogens with one attached hydrogen (secondary N) is 1. The highest BCUT2D eigenvalue weighted by Gasteiger charge is 2.20. The van der Waals surface area contributed by atoms with Crippen molar-refractivity contribution < 1.29 is 13.2 Å². The molecule has 0 aliphatic heterocycles.